The zero-order chi connectivity index (χ0) is 20.9. The number of urea groups is 1. The van der Waals surface area contributed by atoms with Gasteiger partial charge in [-0.1, -0.05) is 18.2 Å². The van der Waals surface area contributed by atoms with Crippen LogP contribution in [-0.2, 0) is 6.54 Å². The smallest absolute Gasteiger partial charge is 0.324 e. The molecule has 156 valence electrons. The maximum atomic E-state index is 13.2. The number of thioether (sulfide) groups is 1. The Hall–Kier alpha value is -3.01. The zero-order valence-corrected chi connectivity index (χ0v) is 16.8. The van der Waals surface area contributed by atoms with Crippen LogP contribution in [0.5, 0.6) is 0 Å². The number of pyridine rings is 1. The summed E-state index contributed by atoms with van der Waals surface area (Å²) in [4.78, 5) is 21.1. The van der Waals surface area contributed by atoms with E-state index in [0.717, 1.165) is 17.2 Å². The fourth-order valence-electron chi connectivity index (χ4n) is 3.05. The molecule has 10 heteroatoms. The Balaban J connectivity index is 1.54. The summed E-state index contributed by atoms with van der Waals surface area (Å²) < 4.78 is 30.2. The van der Waals surface area contributed by atoms with Gasteiger partial charge < -0.3 is 9.32 Å². The molecule has 1 aliphatic heterocycles. The maximum Gasteiger partial charge on any atom is 0.324 e. The predicted octanol–water partition coefficient (Wildman–Crippen LogP) is 4.24. The standard InChI is InChI=1S/C20H19F2N5O2S/c21-17(22)19-25-24-18(29-19)14-6-7-15(23-12-14)13-27(16-4-2-1-3-5-16)20(28)26-8-10-30-11-9-26/h1-7,12,17H,8-11,13H2. The number of rotatable bonds is 5. The highest BCUT2D eigenvalue weighted by Gasteiger charge is 2.24. The minimum absolute atomic E-state index is 0.0221. The van der Waals surface area contributed by atoms with Crippen molar-refractivity contribution in [3.8, 4) is 11.5 Å². The molecule has 1 aliphatic rings. The summed E-state index contributed by atoms with van der Waals surface area (Å²) in [5.41, 5.74) is 1.87. The van der Waals surface area contributed by atoms with Gasteiger partial charge in [0.25, 0.3) is 5.89 Å². The Morgan fingerprint density at radius 1 is 1.13 bits per heavy atom. The lowest BCUT2D eigenvalue weighted by Crippen LogP contribution is -2.46. The van der Waals surface area contributed by atoms with Gasteiger partial charge in [-0.25, -0.2) is 4.79 Å². The Morgan fingerprint density at radius 3 is 2.53 bits per heavy atom. The first-order chi connectivity index (χ1) is 14.6. The third-order valence-corrected chi connectivity index (χ3v) is 5.54. The van der Waals surface area contributed by atoms with Crippen molar-refractivity contribution in [3.63, 3.8) is 0 Å². The summed E-state index contributed by atoms with van der Waals surface area (Å²) in [5, 5.41) is 6.95. The number of nitrogens with zero attached hydrogens (tertiary/aromatic N) is 5. The minimum Gasteiger partial charge on any atom is -0.415 e. The van der Waals surface area contributed by atoms with E-state index < -0.39 is 12.3 Å². The lowest BCUT2D eigenvalue weighted by molar-refractivity contribution is 0.116. The summed E-state index contributed by atoms with van der Waals surface area (Å²) in [6.45, 7) is 1.70. The molecule has 0 radical (unpaired) electrons. The third kappa shape index (κ3) is 4.59. The van der Waals surface area contributed by atoms with E-state index in [-0.39, 0.29) is 18.5 Å². The zero-order valence-electron chi connectivity index (χ0n) is 15.9. The minimum atomic E-state index is -2.82. The van der Waals surface area contributed by atoms with Crippen LogP contribution in [0.15, 0.2) is 53.1 Å². The largest absolute Gasteiger partial charge is 0.415 e. The Kier molecular flexibility index (Phi) is 6.22. The molecular weight excluding hydrogens is 412 g/mol. The van der Waals surface area contributed by atoms with E-state index in [2.05, 4.69) is 15.2 Å². The first-order valence-electron chi connectivity index (χ1n) is 9.38. The number of alkyl halides is 2. The average Bonchev–Trinajstić information content (AvgIpc) is 3.29. The highest BCUT2D eigenvalue weighted by molar-refractivity contribution is 7.99. The molecule has 7 nitrogen and oxygen atoms in total. The van der Waals surface area contributed by atoms with Crippen LogP contribution in [0.2, 0.25) is 0 Å². The van der Waals surface area contributed by atoms with Crippen LogP contribution in [-0.4, -0.2) is 50.7 Å². The lowest BCUT2D eigenvalue weighted by Gasteiger charge is -2.32. The van der Waals surface area contributed by atoms with E-state index in [0.29, 0.717) is 24.3 Å². The summed E-state index contributed by atoms with van der Waals surface area (Å²) in [7, 11) is 0. The van der Waals surface area contributed by atoms with Gasteiger partial charge in [0.05, 0.1) is 17.8 Å². The molecule has 3 aromatic rings. The number of para-hydroxylation sites is 1. The number of halogens is 2. The molecule has 3 heterocycles. The Morgan fingerprint density at radius 2 is 1.90 bits per heavy atom. The molecule has 0 spiro atoms. The monoisotopic (exact) mass is 431 g/mol. The molecule has 2 aromatic heterocycles. The average molecular weight is 431 g/mol. The molecule has 0 aliphatic carbocycles. The summed E-state index contributed by atoms with van der Waals surface area (Å²) in [6.07, 6.45) is -1.35. The highest BCUT2D eigenvalue weighted by atomic mass is 32.2. The normalized spacial score (nSPS) is 14.2. The number of hydrogen-bond donors (Lipinski definition) is 0. The van der Waals surface area contributed by atoms with Crippen molar-refractivity contribution in [2.75, 3.05) is 29.5 Å². The van der Waals surface area contributed by atoms with Crippen molar-refractivity contribution in [1.29, 1.82) is 0 Å². The molecule has 1 saturated heterocycles. The van der Waals surface area contributed by atoms with Crippen LogP contribution in [0, 0.1) is 0 Å². The van der Waals surface area contributed by atoms with Gasteiger partial charge in [0.15, 0.2) is 0 Å². The number of anilines is 1. The fourth-order valence-corrected chi connectivity index (χ4v) is 3.95. The van der Waals surface area contributed by atoms with E-state index in [1.54, 1.807) is 17.0 Å². The second-order valence-electron chi connectivity index (χ2n) is 6.59. The van der Waals surface area contributed by atoms with Crippen LogP contribution < -0.4 is 4.90 Å². The fraction of sp³-hybridized carbons (Fsp3) is 0.300. The van der Waals surface area contributed by atoms with Crippen molar-refractivity contribution in [2.24, 2.45) is 0 Å². The third-order valence-electron chi connectivity index (χ3n) is 4.60. The summed E-state index contributed by atoms with van der Waals surface area (Å²) in [5.74, 6) is 1.10. The molecule has 0 N–H and O–H groups in total. The van der Waals surface area contributed by atoms with Gasteiger partial charge in [0.2, 0.25) is 5.89 Å². The number of aromatic nitrogens is 3. The number of hydrogen-bond acceptors (Lipinski definition) is 6. The van der Waals surface area contributed by atoms with Gasteiger partial charge in [-0.2, -0.15) is 20.5 Å². The van der Waals surface area contributed by atoms with Gasteiger partial charge in [-0.15, -0.1) is 10.2 Å². The topological polar surface area (TPSA) is 75.4 Å². The maximum absolute atomic E-state index is 13.2. The number of carbonyl (C=O) groups is 1. The molecule has 1 aromatic carbocycles. The summed E-state index contributed by atoms with van der Waals surface area (Å²) in [6, 6.07) is 12.8. The molecule has 0 bridgehead atoms. The van der Waals surface area contributed by atoms with Crippen molar-refractivity contribution in [1.82, 2.24) is 20.1 Å². The molecule has 0 saturated carbocycles. The number of carbonyl (C=O) groups excluding carboxylic acids is 1. The first-order valence-corrected chi connectivity index (χ1v) is 10.5. The molecule has 0 atom stereocenters. The van der Waals surface area contributed by atoms with Crippen LogP contribution >= 0.6 is 11.8 Å². The second kappa shape index (κ2) is 9.21. The van der Waals surface area contributed by atoms with Gasteiger partial charge in [-0.3, -0.25) is 9.88 Å². The van der Waals surface area contributed by atoms with Gasteiger partial charge in [0, 0.05) is 36.5 Å². The Labute approximate surface area is 176 Å². The van der Waals surface area contributed by atoms with E-state index in [1.807, 2.05) is 47.0 Å². The quantitative estimate of drug-likeness (QED) is 0.601. The van der Waals surface area contributed by atoms with E-state index in [9.17, 15) is 13.6 Å². The van der Waals surface area contributed by atoms with Crippen molar-refractivity contribution >= 4 is 23.5 Å². The van der Waals surface area contributed by atoms with Crippen LogP contribution in [0.1, 0.15) is 18.0 Å². The Bertz CT molecular complexity index is 978. The highest BCUT2D eigenvalue weighted by Crippen LogP contribution is 2.24. The number of benzene rings is 1. The predicted molar refractivity (Wildman–Crippen MR) is 109 cm³/mol. The lowest BCUT2D eigenvalue weighted by atomic mass is 10.2. The van der Waals surface area contributed by atoms with Gasteiger partial charge in [-0.05, 0) is 24.3 Å². The van der Waals surface area contributed by atoms with Crippen LogP contribution in [0.4, 0.5) is 19.3 Å². The summed E-state index contributed by atoms with van der Waals surface area (Å²) >= 11 is 1.84. The SMILES string of the molecule is O=C(N1CCSCC1)N(Cc1ccc(-c2nnc(C(F)F)o2)cn1)c1ccccc1. The van der Waals surface area contributed by atoms with Crippen molar-refractivity contribution in [2.45, 2.75) is 13.0 Å². The molecule has 2 amide bonds. The molecule has 30 heavy (non-hydrogen) atoms. The van der Waals surface area contributed by atoms with Gasteiger partial charge in [0.1, 0.15) is 0 Å². The molecule has 0 unspecified atom stereocenters. The van der Waals surface area contributed by atoms with E-state index in [4.69, 9.17) is 4.42 Å². The second-order valence-corrected chi connectivity index (χ2v) is 7.81. The van der Waals surface area contributed by atoms with Crippen molar-refractivity contribution < 1.29 is 18.0 Å². The number of amides is 2. The molecule has 4 rings (SSSR count). The van der Waals surface area contributed by atoms with Crippen molar-refractivity contribution in [3.05, 3.63) is 60.2 Å². The van der Waals surface area contributed by atoms with E-state index in [1.165, 1.54) is 6.20 Å². The van der Waals surface area contributed by atoms with Crippen LogP contribution in [0.25, 0.3) is 11.5 Å². The van der Waals surface area contributed by atoms with Gasteiger partial charge >= 0.3 is 12.5 Å². The molecular formula is C20H19F2N5O2S. The molecule has 1 fully saturated rings. The van der Waals surface area contributed by atoms with E-state index >= 15 is 0 Å². The first kappa shape index (κ1) is 20.3. The van der Waals surface area contributed by atoms with Crippen LogP contribution in [0.3, 0.4) is 0 Å².